The van der Waals surface area contributed by atoms with E-state index in [2.05, 4.69) is 22.8 Å². The number of hydrogen-bond donors (Lipinski definition) is 2. The van der Waals surface area contributed by atoms with Crippen molar-refractivity contribution in [1.29, 1.82) is 0 Å². The minimum Gasteiger partial charge on any atom is -0.376 e. The smallest absolute Gasteiger partial charge is 0.164 e. The second-order valence-corrected chi connectivity index (χ2v) is 5.37. The van der Waals surface area contributed by atoms with Crippen LogP contribution >= 0.6 is 11.6 Å². The zero-order valence-corrected chi connectivity index (χ0v) is 11.8. The average Bonchev–Trinajstić information content (AvgIpc) is 2.67. The highest BCUT2D eigenvalue weighted by molar-refractivity contribution is 6.31. The third kappa shape index (κ3) is 2.65. The molecule has 3 rings (SSSR count). The Kier molecular flexibility index (Phi) is 3.90. The van der Waals surface area contributed by atoms with Gasteiger partial charge in [-0.25, -0.2) is 4.39 Å². The third-order valence-corrected chi connectivity index (χ3v) is 3.93. The average molecular weight is 291 g/mol. The van der Waals surface area contributed by atoms with Crippen LogP contribution in [0.15, 0.2) is 42.5 Å². The van der Waals surface area contributed by atoms with Gasteiger partial charge in [-0.2, -0.15) is 0 Å². The minimum atomic E-state index is -0.385. The number of halogens is 2. The molecule has 2 aromatic carbocycles. The van der Waals surface area contributed by atoms with Crippen molar-refractivity contribution in [2.24, 2.45) is 0 Å². The van der Waals surface area contributed by atoms with E-state index in [4.69, 9.17) is 11.6 Å². The summed E-state index contributed by atoms with van der Waals surface area (Å²) in [6.07, 6.45) is 0.906. The van der Waals surface area contributed by atoms with Gasteiger partial charge >= 0.3 is 0 Å². The summed E-state index contributed by atoms with van der Waals surface area (Å²) in [6, 6.07) is 13.4. The van der Waals surface area contributed by atoms with E-state index >= 15 is 0 Å². The van der Waals surface area contributed by atoms with Crippen molar-refractivity contribution in [2.45, 2.75) is 19.0 Å². The van der Waals surface area contributed by atoms with Crippen LogP contribution in [0.1, 0.15) is 23.6 Å². The molecule has 1 atom stereocenters. The fraction of sp³-hybridized carbons (Fsp3) is 0.250. The molecule has 1 aliphatic heterocycles. The molecular weight excluding hydrogens is 275 g/mol. The summed E-state index contributed by atoms with van der Waals surface area (Å²) >= 11 is 5.84. The molecular formula is C16H16ClFN2. The van der Waals surface area contributed by atoms with Crippen LogP contribution in [0.2, 0.25) is 5.02 Å². The molecule has 2 aromatic rings. The van der Waals surface area contributed by atoms with E-state index in [0.717, 1.165) is 19.5 Å². The summed E-state index contributed by atoms with van der Waals surface area (Å²) in [6.45, 7) is 1.75. The molecule has 0 radical (unpaired) electrons. The fourth-order valence-corrected chi connectivity index (χ4v) is 2.79. The van der Waals surface area contributed by atoms with Gasteiger partial charge in [-0.3, -0.25) is 0 Å². The summed E-state index contributed by atoms with van der Waals surface area (Å²) < 4.78 is 14.0. The molecule has 4 heteroatoms. The third-order valence-electron chi connectivity index (χ3n) is 3.64. The van der Waals surface area contributed by atoms with Crippen LogP contribution in [0.5, 0.6) is 0 Å². The maximum Gasteiger partial charge on any atom is 0.164 e. The second-order valence-electron chi connectivity index (χ2n) is 4.96. The van der Waals surface area contributed by atoms with E-state index < -0.39 is 0 Å². The first-order valence-electron chi connectivity index (χ1n) is 6.75. The predicted octanol–water partition coefficient (Wildman–Crippen LogP) is 4.13. The Morgan fingerprint density at radius 3 is 2.90 bits per heavy atom. The number of hydrogen-bond acceptors (Lipinski definition) is 2. The molecule has 0 amide bonds. The van der Waals surface area contributed by atoms with Crippen molar-refractivity contribution in [1.82, 2.24) is 5.32 Å². The quantitative estimate of drug-likeness (QED) is 0.869. The summed E-state index contributed by atoms with van der Waals surface area (Å²) in [5, 5.41) is 6.82. The first-order valence-corrected chi connectivity index (χ1v) is 7.12. The molecule has 0 fully saturated rings. The van der Waals surface area contributed by atoms with Crippen molar-refractivity contribution in [3.05, 3.63) is 64.4 Å². The molecule has 0 saturated carbocycles. The number of fused-ring (bicyclic) bond motifs is 1. The Balaban J connectivity index is 1.92. The summed E-state index contributed by atoms with van der Waals surface area (Å²) in [5.41, 5.74) is 2.93. The van der Waals surface area contributed by atoms with Crippen LogP contribution in [0.3, 0.4) is 0 Å². The first kappa shape index (κ1) is 13.4. The van der Waals surface area contributed by atoms with Gasteiger partial charge in [0.15, 0.2) is 5.82 Å². The molecule has 0 saturated heterocycles. The predicted molar refractivity (Wildman–Crippen MR) is 80.5 cm³/mol. The van der Waals surface area contributed by atoms with Gasteiger partial charge in [0.1, 0.15) is 0 Å². The topological polar surface area (TPSA) is 24.1 Å². The maximum atomic E-state index is 14.0. The summed E-state index contributed by atoms with van der Waals surface area (Å²) in [4.78, 5) is 0. The van der Waals surface area contributed by atoms with Gasteiger partial charge in [-0.15, -0.1) is 0 Å². The van der Waals surface area contributed by atoms with Gasteiger partial charge in [0.05, 0.1) is 16.8 Å². The Morgan fingerprint density at radius 1 is 1.15 bits per heavy atom. The van der Waals surface area contributed by atoms with Gasteiger partial charge in [-0.1, -0.05) is 41.9 Å². The minimum absolute atomic E-state index is 0.0918. The zero-order valence-electron chi connectivity index (χ0n) is 11.0. The highest BCUT2D eigenvalue weighted by Gasteiger charge is 2.19. The fourth-order valence-electron chi connectivity index (χ4n) is 2.61. The van der Waals surface area contributed by atoms with Crippen molar-refractivity contribution in [3.8, 4) is 0 Å². The lowest BCUT2D eigenvalue weighted by molar-refractivity contribution is 0.612. The Bertz CT molecular complexity index is 615. The molecule has 20 heavy (non-hydrogen) atoms. The molecule has 0 spiro atoms. The van der Waals surface area contributed by atoms with Gasteiger partial charge in [0.2, 0.25) is 0 Å². The van der Waals surface area contributed by atoms with Gasteiger partial charge < -0.3 is 10.6 Å². The summed E-state index contributed by atoms with van der Waals surface area (Å²) in [5.74, 6) is -0.385. The van der Waals surface area contributed by atoms with Gasteiger partial charge in [0.25, 0.3) is 0 Å². The number of rotatable bonds is 2. The Hall–Kier alpha value is -1.58. The molecule has 1 unspecified atom stereocenters. The number of anilines is 1. The monoisotopic (exact) mass is 290 g/mol. The zero-order chi connectivity index (χ0) is 13.9. The lowest BCUT2D eigenvalue weighted by atomic mass is 9.99. The van der Waals surface area contributed by atoms with E-state index in [1.54, 1.807) is 18.2 Å². The van der Waals surface area contributed by atoms with Crippen molar-refractivity contribution in [3.63, 3.8) is 0 Å². The second kappa shape index (κ2) is 5.81. The van der Waals surface area contributed by atoms with Crippen LogP contribution in [-0.4, -0.2) is 6.54 Å². The molecule has 0 bridgehead atoms. The SMILES string of the molecule is Fc1c(Cl)cccc1NC1CCNCc2ccccc21. The molecule has 0 aliphatic carbocycles. The largest absolute Gasteiger partial charge is 0.376 e. The van der Waals surface area contributed by atoms with E-state index in [0.29, 0.717) is 5.69 Å². The standard InChI is InChI=1S/C16H16ClFN2/c17-13-6-3-7-15(16(13)18)20-14-8-9-19-10-11-4-1-2-5-12(11)14/h1-7,14,19-20H,8-10H2. The summed E-state index contributed by atoms with van der Waals surface area (Å²) in [7, 11) is 0. The first-order chi connectivity index (χ1) is 9.75. The van der Waals surface area contributed by atoms with E-state index in [9.17, 15) is 4.39 Å². The Morgan fingerprint density at radius 2 is 2.00 bits per heavy atom. The van der Waals surface area contributed by atoms with E-state index in [1.807, 2.05) is 12.1 Å². The van der Waals surface area contributed by atoms with Crippen LogP contribution in [0.4, 0.5) is 10.1 Å². The van der Waals surface area contributed by atoms with Crippen molar-refractivity contribution >= 4 is 17.3 Å². The van der Waals surface area contributed by atoms with Crippen LogP contribution in [0, 0.1) is 5.82 Å². The molecule has 104 valence electrons. The van der Waals surface area contributed by atoms with Gasteiger partial charge in [0, 0.05) is 6.54 Å². The lowest BCUT2D eigenvalue weighted by Gasteiger charge is -2.20. The molecule has 2 N–H and O–H groups in total. The molecule has 1 heterocycles. The lowest BCUT2D eigenvalue weighted by Crippen LogP contribution is -2.15. The molecule has 0 aromatic heterocycles. The van der Waals surface area contributed by atoms with Crippen molar-refractivity contribution < 1.29 is 4.39 Å². The molecule has 1 aliphatic rings. The number of benzene rings is 2. The van der Waals surface area contributed by atoms with E-state index in [-0.39, 0.29) is 16.9 Å². The van der Waals surface area contributed by atoms with Crippen LogP contribution < -0.4 is 10.6 Å². The van der Waals surface area contributed by atoms with Crippen molar-refractivity contribution in [2.75, 3.05) is 11.9 Å². The number of nitrogens with one attached hydrogen (secondary N) is 2. The maximum absolute atomic E-state index is 14.0. The van der Waals surface area contributed by atoms with Gasteiger partial charge in [-0.05, 0) is 36.2 Å². The highest BCUT2D eigenvalue weighted by atomic mass is 35.5. The van der Waals surface area contributed by atoms with E-state index in [1.165, 1.54) is 11.1 Å². The molecule has 2 nitrogen and oxygen atoms in total. The van der Waals surface area contributed by atoms with Crippen LogP contribution in [0.25, 0.3) is 0 Å². The van der Waals surface area contributed by atoms with Crippen LogP contribution in [-0.2, 0) is 6.54 Å². The Labute approximate surface area is 123 Å². The normalized spacial score (nSPS) is 18.2. The highest BCUT2D eigenvalue weighted by Crippen LogP contribution is 2.30.